The number of carbonyl (C=O) groups is 1. The molecule has 1 atom stereocenters. The van der Waals surface area contributed by atoms with Crippen LogP contribution in [0.5, 0.6) is 11.8 Å². The Kier molecular flexibility index (Phi) is 7.34. The van der Waals surface area contributed by atoms with E-state index >= 15 is 0 Å². The second kappa shape index (κ2) is 10.4. The molecule has 0 fully saturated rings. The predicted octanol–water partition coefficient (Wildman–Crippen LogP) is 3.93. The number of nitrogens with one attached hydrogen (secondary N) is 2. The van der Waals surface area contributed by atoms with Crippen molar-refractivity contribution in [1.29, 1.82) is 0 Å². The van der Waals surface area contributed by atoms with Crippen LogP contribution in [0.25, 0.3) is 0 Å². The highest BCUT2D eigenvalue weighted by Crippen LogP contribution is 2.31. The minimum Gasteiger partial charge on any atom is -0.481 e. The lowest BCUT2D eigenvalue weighted by molar-refractivity contribution is -0.119. The summed E-state index contributed by atoms with van der Waals surface area (Å²) < 4.78 is 10.3. The molecule has 1 unspecified atom stereocenters. The molecular weight excluding hydrogens is 511 g/mol. The number of carbonyl (C=O) groups excluding carboxylic acids is 1. The number of hydrogen-bond acceptors (Lipinski definition) is 7. The number of halogens is 2. The van der Waals surface area contributed by atoms with Gasteiger partial charge in [0.2, 0.25) is 23.9 Å². The fraction of sp³-hybridized carbons (Fsp3) is 0.174. The number of rotatable bonds is 5. The first-order chi connectivity index (χ1) is 16.8. The maximum absolute atomic E-state index is 13.4. The third-order valence-corrected chi connectivity index (χ3v) is 5.90. The first kappa shape index (κ1) is 24.6. The average Bonchev–Trinajstić information content (AvgIpc) is 2.94. The number of hydrogen-bond donors (Lipinski definition) is 2. The maximum atomic E-state index is 13.4. The summed E-state index contributed by atoms with van der Waals surface area (Å²) in [7, 11) is 4.59. The topological polar surface area (TPSA) is 101 Å². The molecule has 3 aromatic rings. The minimum absolute atomic E-state index is 0.0679. The van der Waals surface area contributed by atoms with Gasteiger partial charge >= 0.3 is 0 Å². The minimum atomic E-state index is -1.08. The summed E-state index contributed by atoms with van der Waals surface area (Å²) in [5.41, 5.74) is 2.42. The van der Waals surface area contributed by atoms with Crippen LogP contribution in [0.3, 0.4) is 0 Å². The molecule has 9 nitrogen and oxygen atoms in total. The normalized spacial score (nSPS) is 15.0. The largest absolute Gasteiger partial charge is 0.481 e. The number of methoxy groups -OCH3 is 2. The van der Waals surface area contributed by atoms with E-state index in [1.54, 1.807) is 31.3 Å². The summed E-state index contributed by atoms with van der Waals surface area (Å²) in [5, 5.41) is 6.82. The van der Waals surface area contributed by atoms with Crippen LogP contribution < -0.4 is 25.0 Å². The molecule has 2 aromatic carbocycles. The number of nitrogens with zero attached hydrogens (tertiary/aromatic N) is 4. The number of thiocarbonyl (C=S) groups is 1. The zero-order valence-corrected chi connectivity index (χ0v) is 21.2. The van der Waals surface area contributed by atoms with Crippen molar-refractivity contribution in [3.8, 4) is 11.8 Å². The lowest BCUT2D eigenvalue weighted by atomic mass is 10.00. The van der Waals surface area contributed by atoms with Crippen molar-refractivity contribution >= 4 is 63.8 Å². The number of ether oxygens (including phenoxy) is 2. The lowest BCUT2D eigenvalue weighted by Crippen LogP contribution is -2.47. The summed E-state index contributed by atoms with van der Waals surface area (Å²) in [6, 6.07) is 14.0. The highest BCUT2D eigenvalue weighted by atomic mass is 35.5. The number of aromatic nitrogens is 2. The molecule has 0 saturated carbocycles. The molecular formula is C23H20Cl2N6O3S. The Morgan fingerprint density at radius 1 is 1.03 bits per heavy atom. The number of fused-ring (bicyclic) bond motifs is 1. The van der Waals surface area contributed by atoms with Crippen molar-refractivity contribution in [1.82, 2.24) is 15.3 Å². The number of likely N-dealkylation sites (N-methyl/N-ethyl adjacent to an activating group) is 1. The number of amides is 1. The molecule has 0 bridgehead atoms. The van der Waals surface area contributed by atoms with Crippen molar-refractivity contribution in [2.24, 2.45) is 4.99 Å². The van der Waals surface area contributed by atoms with Gasteiger partial charge in [-0.3, -0.25) is 4.79 Å². The number of aliphatic imine (C=N–C) groups is 1. The molecule has 0 saturated heterocycles. The Bertz CT molecular complexity index is 1310. The molecule has 0 aliphatic carbocycles. The molecule has 2 N–H and O–H groups in total. The fourth-order valence-corrected chi connectivity index (χ4v) is 4.04. The first-order valence-electron chi connectivity index (χ1n) is 10.3. The van der Waals surface area contributed by atoms with E-state index in [2.05, 4.69) is 20.6 Å². The maximum Gasteiger partial charge on any atom is 0.272 e. The predicted molar refractivity (Wildman–Crippen MR) is 140 cm³/mol. The summed E-state index contributed by atoms with van der Waals surface area (Å²) in [4.78, 5) is 28.0. The summed E-state index contributed by atoms with van der Waals surface area (Å²) in [6.45, 7) is 0. The third kappa shape index (κ3) is 5.29. The fourth-order valence-electron chi connectivity index (χ4n) is 3.44. The smallest absolute Gasteiger partial charge is 0.272 e. The van der Waals surface area contributed by atoms with Gasteiger partial charge in [0.15, 0.2) is 5.11 Å². The van der Waals surface area contributed by atoms with Crippen LogP contribution in [0.2, 0.25) is 10.0 Å². The van der Waals surface area contributed by atoms with Crippen molar-refractivity contribution in [3.63, 3.8) is 0 Å². The Balaban J connectivity index is 1.71. The van der Waals surface area contributed by atoms with Gasteiger partial charge in [0.1, 0.15) is 0 Å². The molecule has 0 spiro atoms. The van der Waals surface area contributed by atoms with Crippen LogP contribution in [-0.4, -0.2) is 54.1 Å². The van der Waals surface area contributed by atoms with E-state index in [9.17, 15) is 4.79 Å². The molecule has 180 valence electrons. The third-order valence-electron chi connectivity index (χ3n) is 5.12. The molecule has 2 heterocycles. The zero-order valence-electron chi connectivity index (χ0n) is 18.9. The molecule has 12 heteroatoms. The number of benzene rings is 2. The first-order valence-corrected chi connectivity index (χ1v) is 11.4. The van der Waals surface area contributed by atoms with Crippen molar-refractivity contribution in [2.45, 2.75) is 6.17 Å². The molecule has 1 aliphatic rings. The SMILES string of the molecule is COc1cc(OC)nc(NC(=S)NC2N=C(c3ccccc3Cl)c3cc(Cl)ccc3N(C)C2=O)n1. The van der Waals surface area contributed by atoms with Crippen LogP contribution in [0.15, 0.2) is 53.5 Å². The van der Waals surface area contributed by atoms with E-state index in [-0.39, 0.29) is 28.7 Å². The van der Waals surface area contributed by atoms with Crippen LogP contribution >= 0.6 is 35.4 Å². The molecule has 0 radical (unpaired) electrons. The van der Waals surface area contributed by atoms with Gasteiger partial charge < -0.3 is 25.0 Å². The Labute approximate surface area is 217 Å². The summed E-state index contributed by atoms with van der Waals surface area (Å²) in [5.74, 6) is 0.333. The standard InChI is InChI=1S/C23H20Cl2N6O3S/c1-31-16-9-8-12(24)10-14(16)19(13-6-4-5-7-15(13)25)28-20(21(31)32)29-23(35)30-22-26-17(33-2)11-18(27-22)34-3/h4-11,20H,1-3H3,(H2,26,27,29,30,35). The molecule has 1 aliphatic heterocycles. The van der Waals surface area contributed by atoms with Crippen molar-refractivity contribution in [2.75, 3.05) is 31.5 Å². The monoisotopic (exact) mass is 530 g/mol. The molecule has 1 aromatic heterocycles. The summed E-state index contributed by atoms with van der Waals surface area (Å²) >= 11 is 18.2. The van der Waals surface area contributed by atoms with E-state index in [0.717, 1.165) is 0 Å². The molecule has 4 rings (SSSR count). The van der Waals surface area contributed by atoms with E-state index in [4.69, 9.17) is 49.9 Å². The van der Waals surface area contributed by atoms with Crippen LogP contribution in [0.4, 0.5) is 11.6 Å². The van der Waals surface area contributed by atoms with Gasteiger partial charge in [-0.2, -0.15) is 9.97 Å². The Morgan fingerprint density at radius 3 is 2.37 bits per heavy atom. The Hall–Kier alpha value is -3.47. The van der Waals surface area contributed by atoms with E-state index < -0.39 is 6.17 Å². The van der Waals surface area contributed by atoms with Gasteiger partial charge in [-0.05, 0) is 36.5 Å². The van der Waals surface area contributed by atoms with Crippen LogP contribution in [-0.2, 0) is 4.79 Å². The van der Waals surface area contributed by atoms with Gasteiger partial charge in [0.05, 0.1) is 31.7 Å². The lowest BCUT2D eigenvalue weighted by Gasteiger charge is -2.21. The second-order valence-corrected chi connectivity index (χ2v) is 8.55. The molecule has 1 amide bonds. The molecule has 35 heavy (non-hydrogen) atoms. The highest BCUT2D eigenvalue weighted by Gasteiger charge is 2.31. The van der Waals surface area contributed by atoms with E-state index in [1.165, 1.54) is 25.2 Å². The van der Waals surface area contributed by atoms with Crippen molar-refractivity contribution in [3.05, 3.63) is 69.7 Å². The highest BCUT2D eigenvalue weighted by molar-refractivity contribution is 7.80. The van der Waals surface area contributed by atoms with E-state index in [0.29, 0.717) is 32.6 Å². The van der Waals surface area contributed by atoms with Gasteiger partial charge in [-0.1, -0.05) is 41.4 Å². The number of anilines is 2. The average molecular weight is 531 g/mol. The zero-order chi connectivity index (χ0) is 25.1. The number of benzodiazepines with no additional fused rings is 1. The van der Waals surface area contributed by atoms with Gasteiger partial charge in [0, 0.05) is 28.2 Å². The second-order valence-electron chi connectivity index (χ2n) is 7.29. The van der Waals surface area contributed by atoms with Crippen molar-refractivity contribution < 1.29 is 14.3 Å². The quantitative estimate of drug-likeness (QED) is 0.478. The van der Waals surface area contributed by atoms with Gasteiger partial charge in [-0.25, -0.2) is 4.99 Å². The van der Waals surface area contributed by atoms with Gasteiger partial charge in [-0.15, -0.1) is 0 Å². The summed E-state index contributed by atoms with van der Waals surface area (Å²) in [6.07, 6.45) is -1.08. The van der Waals surface area contributed by atoms with Crippen LogP contribution in [0, 0.1) is 0 Å². The Morgan fingerprint density at radius 2 is 1.71 bits per heavy atom. The van der Waals surface area contributed by atoms with E-state index in [1.807, 2.05) is 18.2 Å². The van der Waals surface area contributed by atoms with Crippen LogP contribution in [0.1, 0.15) is 11.1 Å². The van der Waals surface area contributed by atoms with Gasteiger partial charge in [0.25, 0.3) is 5.91 Å².